The van der Waals surface area contributed by atoms with E-state index in [1.54, 1.807) is 25.3 Å². The average molecular weight is 433 g/mol. The highest BCUT2D eigenvalue weighted by molar-refractivity contribution is 7.92. The van der Waals surface area contributed by atoms with Crippen LogP contribution in [0.1, 0.15) is 16.2 Å². The zero-order valence-corrected chi connectivity index (χ0v) is 17.2. The number of aromatic nitrogens is 2. The third-order valence-electron chi connectivity index (χ3n) is 3.85. The molecule has 1 N–H and O–H groups in total. The Labute approximate surface area is 172 Å². The van der Waals surface area contributed by atoms with Crippen LogP contribution in [0.4, 0.5) is 5.69 Å². The van der Waals surface area contributed by atoms with Crippen molar-refractivity contribution >= 4 is 21.7 Å². The molecule has 0 aliphatic carbocycles. The molecular weight excluding hydrogens is 414 g/mol. The first-order valence-corrected chi connectivity index (χ1v) is 10.5. The number of benzene rings is 2. The van der Waals surface area contributed by atoms with E-state index in [-0.39, 0.29) is 29.6 Å². The molecule has 0 unspecified atom stereocenters. The molecule has 2 aromatic carbocycles. The summed E-state index contributed by atoms with van der Waals surface area (Å²) in [5.41, 5.74) is 0.998. The van der Waals surface area contributed by atoms with Crippen LogP contribution in [0.2, 0.25) is 0 Å². The second-order valence-corrected chi connectivity index (χ2v) is 7.86. The summed E-state index contributed by atoms with van der Waals surface area (Å²) in [5, 5.41) is 3.88. The van der Waals surface area contributed by atoms with Crippen LogP contribution < -0.4 is 14.2 Å². The van der Waals surface area contributed by atoms with Crippen LogP contribution in [0.15, 0.2) is 47.0 Å². The van der Waals surface area contributed by atoms with Crippen LogP contribution in [-0.4, -0.2) is 45.0 Å². The maximum atomic E-state index is 12.3. The summed E-state index contributed by atoms with van der Waals surface area (Å²) >= 11 is 0. The van der Waals surface area contributed by atoms with Gasteiger partial charge >= 0.3 is 5.97 Å². The first kappa shape index (κ1) is 21.1. The predicted molar refractivity (Wildman–Crippen MR) is 107 cm³/mol. The molecule has 1 aromatic heterocycles. The molecule has 0 saturated carbocycles. The van der Waals surface area contributed by atoms with E-state index >= 15 is 0 Å². The van der Waals surface area contributed by atoms with E-state index in [2.05, 4.69) is 14.9 Å². The fraction of sp³-hybridized carbons (Fsp3) is 0.211. The monoisotopic (exact) mass is 433 g/mol. The summed E-state index contributed by atoms with van der Waals surface area (Å²) in [7, 11) is -0.411. The summed E-state index contributed by atoms with van der Waals surface area (Å²) in [6.45, 7) is -0.256. The van der Waals surface area contributed by atoms with Gasteiger partial charge in [-0.15, -0.1) is 0 Å². The van der Waals surface area contributed by atoms with Gasteiger partial charge in [-0.25, -0.2) is 13.2 Å². The topological polar surface area (TPSA) is 130 Å². The van der Waals surface area contributed by atoms with Crippen LogP contribution in [0.5, 0.6) is 11.5 Å². The van der Waals surface area contributed by atoms with Crippen molar-refractivity contribution in [3.8, 4) is 22.9 Å². The Morgan fingerprint density at radius 1 is 1.13 bits per heavy atom. The van der Waals surface area contributed by atoms with Gasteiger partial charge in [0.05, 0.1) is 31.6 Å². The van der Waals surface area contributed by atoms with Gasteiger partial charge < -0.3 is 18.7 Å². The van der Waals surface area contributed by atoms with Crippen LogP contribution in [-0.2, 0) is 21.4 Å². The largest absolute Gasteiger partial charge is 0.497 e. The first-order valence-electron chi connectivity index (χ1n) is 8.59. The van der Waals surface area contributed by atoms with Gasteiger partial charge in [0, 0.05) is 11.8 Å². The summed E-state index contributed by atoms with van der Waals surface area (Å²) in [6.07, 6.45) is 1.02. The highest BCUT2D eigenvalue weighted by atomic mass is 32.2. The van der Waals surface area contributed by atoms with Crippen LogP contribution in [0.25, 0.3) is 11.4 Å². The van der Waals surface area contributed by atoms with Gasteiger partial charge in [-0.3, -0.25) is 4.72 Å². The molecule has 3 aromatic rings. The fourth-order valence-corrected chi connectivity index (χ4v) is 3.10. The average Bonchev–Trinajstić information content (AvgIpc) is 3.19. The lowest BCUT2D eigenvalue weighted by atomic mass is 10.2. The third kappa shape index (κ3) is 5.26. The van der Waals surface area contributed by atoms with Gasteiger partial charge in [-0.05, 0) is 30.3 Å². The molecule has 30 heavy (non-hydrogen) atoms. The Morgan fingerprint density at radius 3 is 2.63 bits per heavy atom. The van der Waals surface area contributed by atoms with Crippen molar-refractivity contribution in [1.29, 1.82) is 0 Å². The molecule has 1 heterocycles. The summed E-state index contributed by atoms with van der Waals surface area (Å²) in [5.74, 6) is 0.783. The Balaban J connectivity index is 1.69. The molecule has 0 radical (unpaired) electrons. The molecule has 0 aliphatic heterocycles. The number of nitrogens with one attached hydrogen (secondary N) is 1. The van der Waals surface area contributed by atoms with E-state index in [1.165, 1.54) is 31.4 Å². The Hall–Kier alpha value is -3.60. The number of carbonyl (C=O) groups is 1. The Morgan fingerprint density at radius 2 is 1.93 bits per heavy atom. The number of hydrogen-bond acceptors (Lipinski definition) is 9. The van der Waals surface area contributed by atoms with E-state index < -0.39 is 16.0 Å². The van der Waals surface area contributed by atoms with E-state index in [9.17, 15) is 13.2 Å². The maximum Gasteiger partial charge on any atom is 0.338 e. The predicted octanol–water partition coefficient (Wildman–Crippen LogP) is 2.48. The summed E-state index contributed by atoms with van der Waals surface area (Å²) in [4.78, 5) is 16.5. The minimum atomic E-state index is -3.46. The van der Waals surface area contributed by atoms with Crippen molar-refractivity contribution in [2.24, 2.45) is 0 Å². The van der Waals surface area contributed by atoms with E-state index in [0.717, 1.165) is 6.26 Å². The van der Waals surface area contributed by atoms with Gasteiger partial charge in [0.1, 0.15) is 11.5 Å². The number of methoxy groups -OCH3 is 2. The number of ether oxygens (including phenoxy) is 3. The third-order valence-corrected chi connectivity index (χ3v) is 4.45. The van der Waals surface area contributed by atoms with E-state index in [4.69, 9.17) is 18.7 Å². The number of nitrogens with zero attached hydrogens (tertiary/aromatic N) is 2. The number of anilines is 1. The zero-order valence-electron chi connectivity index (χ0n) is 16.4. The van der Waals surface area contributed by atoms with Gasteiger partial charge in [-0.2, -0.15) is 4.98 Å². The summed E-state index contributed by atoms with van der Waals surface area (Å²) < 4.78 is 45.7. The molecule has 3 rings (SSSR count). The zero-order chi connectivity index (χ0) is 21.7. The second kappa shape index (κ2) is 8.82. The Bertz CT molecular complexity index is 1160. The molecule has 11 heteroatoms. The highest BCUT2D eigenvalue weighted by Gasteiger charge is 2.16. The van der Waals surface area contributed by atoms with Gasteiger partial charge in [0.25, 0.3) is 5.89 Å². The lowest BCUT2D eigenvalue weighted by molar-refractivity contribution is 0.0430. The van der Waals surface area contributed by atoms with Crippen molar-refractivity contribution in [2.75, 3.05) is 25.2 Å². The number of sulfonamides is 1. The van der Waals surface area contributed by atoms with Crippen molar-refractivity contribution in [2.45, 2.75) is 6.61 Å². The van der Waals surface area contributed by atoms with Crippen LogP contribution in [0.3, 0.4) is 0 Å². The minimum Gasteiger partial charge on any atom is -0.497 e. The lowest BCUT2D eigenvalue weighted by Crippen LogP contribution is -2.11. The number of esters is 1. The smallest absolute Gasteiger partial charge is 0.338 e. The number of carbonyl (C=O) groups excluding carboxylic acids is 1. The Kier molecular flexibility index (Phi) is 6.21. The molecule has 0 bridgehead atoms. The molecule has 0 saturated heterocycles. The molecule has 0 aliphatic rings. The maximum absolute atomic E-state index is 12.3. The van der Waals surface area contributed by atoms with Crippen LogP contribution in [0, 0.1) is 0 Å². The first-order chi connectivity index (χ1) is 14.3. The number of rotatable bonds is 8. The standard InChI is InChI=1S/C19H19N3O7S/c1-26-14-7-8-15(16(10-14)27-2)18-20-17(29-21-18)11-28-19(23)12-5-4-6-13(9-12)22-30(3,24)25/h4-10,22H,11H2,1-3H3. The van der Waals surface area contributed by atoms with E-state index in [0.29, 0.717) is 17.1 Å². The molecule has 0 atom stereocenters. The quantitative estimate of drug-likeness (QED) is 0.532. The van der Waals surface area contributed by atoms with Crippen molar-refractivity contribution in [3.63, 3.8) is 0 Å². The molecule has 0 amide bonds. The molecule has 158 valence electrons. The highest BCUT2D eigenvalue weighted by Crippen LogP contribution is 2.31. The fourth-order valence-electron chi connectivity index (χ4n) is 2.54. The second-order valence-electron chi connectivity index (χ2n) is 6.11. The summed E-state index contributed by atoms with van der Waals surface area (Å²) in [6, 6.07) is 11.0. The SMILES string of the molecule is COc1ccc(-c2noc(COC(=O)c3cccc(NS(C)(=O)=O)c3)n2)c(OC)c1. The minimum absolute atomic E-state index is 0.0848. The lowest BCUT2D eigenvalue weighted by Gasteiger charge is -2.07. The van der Waals surface area contributed by atoms with Crippen molar-refractivity contribution < 1.29 is 31.9 Å². The van der Waals surface area contributed by atoms with Gasteiger partial charge in [-0.1, -0.05) is 11.2 Å². The molecule has 0 fully saturated rings. The number of hydrogen-bond donors (Lipinski definition) is 1. The van der Waals surface area contributed by atoms with Gasteiger partial charge in [0.15, 0.2) is 6.61 Å². The van der Waals surface area contributed by atoms with Gasteiger partial charge in [0.2, 0.25) is 15.8 Å². The van der Waals surface area contributed by atoms with Crippen molar-refractivity contribution in [1.82, 2.24) is 10.1 Å². The molecular formula is C19H19N3O7S. The van der Waals surface area contributed by atoms with Crippen molar-refractivity contribution in [3.05, 3.63) is 53.9 Å². The molecule has 10 nitrogen and oxygen atoms in total. The normalized spacial score (nSPS) is 11.0. The van der Waals surface area contributed by atoms with Crippen LogP contribution >= 0.6 is 0 Å². The van der Waals surface area contributed by atoms with E-state index in [1.807, 2.05) is 0 Å². The molecule has 0 spiro atoms.